The Labute approximate surface area is 99.4 Å². The summed E-state index contributed by atoms with van der Waals surface area (Å²) in [6.45, 7) is 0. The molecule has 0 amide bonds. The molecule has 0 saturated heterocycles. The molecule has 0 aliphatic heterocycles. The Morgan fingerprint density at radius 1 is 1.29 bits per heavy atom. The zero-order valence-corrected chi connectivity index (χ0v) is 9.46. The zero-order chi connectivity index (χ0) is 12.3. The first kappa shape index (κ1) is 11.1. The van der Waals surface area contributed by atoms with E-state index in [1.165, 1.54) is 6.33 Å². The van der Waals surface area contributed by atoms with Crippen LogP contribution < -0.4 is 10.6 Å². The summed E-state index contributed by atoms with van der Waals surface area (Å²) in [4.78, 5) is 9.91. The van der Waals surface area contributed by atoms with Crippen molar-refractivity contribution in [1.29, 1.82) is 5.41 Å². The lowest BCUT2D eigenvalue weighted by molar-refractivity contribution is 1.08. The third-order valence-electron chi connectivity index (χ3n) is 2.47. The number of nitrogens with one attached hydrogen (secondary N) is 1. The van der Waals surface area contributed by atoms with Crippen molar-refractivity contribution in [3.05, 3.63) is 48.4 Å². The summed E-state index contributed by atoms with van der Waals surface area (Å²) in [5.74, 6) is 0.801. The minimum atomic E-state index is 0.0431. The molecule has 0 aliphatic rings. The van der Waals surface area contributed by atoms with Crippen molar-refractivity contribution >= 4 is 17.3 Å². The Balaban J connectivity index is 2.44. The van der Waals surface area contributed by atoms with Crippen molar-refractivity contribution in [2.75, 3.05) is 11.9 Å². The molecule has 0 fully saturated rings. The maximum absolute atomic E-state index is 7.55. The topological polar surface area (TPSA) is 78.9 Å². The van der Waals surface area contributed by atoms with E-state index in [2.05, 4.69) is 9.97 Å². The molecule has 1 aromatic carbocycles. The average Bonchev–Trinajstić information content (AvgIpc) is 2.39. The molecule has 5 heteroatoms. The predicted molar refractivity (Wildman–Crippen MR) is 67.6 cm³/mol. The van der Waals surface area contributed by atoms with Gasteiger partial charge in [0.1, 0.15) is 18.0 Å². The summed E-state index contributed by atoms with van der Waals surface area (Å²) in [7, 11) is 1.88. The van der Waals surface area contributed by atoms with Gasteiger partial charge in [-0.05, 0) is 18.2 Å². The number of aromatic nitrogens is 2. The van der Waals surface area contributed by atoms with E-state index in [0.29, 0.717) is 5.56 Å². The number of hydrogen-bond donors (Lipinski definition) is 2. The predicted octanol–water partition coefficient (Wildman–Crippen LogP) is 1.53. The lowest BCUT2D eigenvalue weighted by Gasteiger charge is -2.20. The Kier molecular flexibility index (Phi) is 3.00. The molecule has 2 rings (SSSR count). The van der Waals surface area contributed by atoms with Crippen LogP contribution in [0.2, 0.25) is 0 Å². The van der Waals surface area contributed by atoms with Gasteiger partial charge in [0.15, 0.2) is 0 Å². The van der Waals surface area contributed by atoms with Crippen LogP contribution in [0.4, 0.5) is 11.5 Å². The van der Waals surface area contributed by atoms with E-state index in [4.69, 9.17) is 11.1 Å². The zero-order valence-electron chi connectivity index (χ0n) is 9.46. The van der Waals surface area contributed by atoms with Crippen molar-refractivity contribution in [2.45, 2.75) is 0 Å². The van der Waals surface area contributed by atoms with E-state index in [1.54, 1.807) is 12.3 Å². The van der Waals surface area contributed by atoms with Crippen LogP contribution in [0.5, 0.6) is 0 Å². The van der Waals surface area contributed by atoms with Crippen LogP contribution in [0.1, 0.15) is 5.56 Å². The maximum atomic E-state index is 7.55. The van der Waals surface area contributed by atoms with Crippen LogP contribution in [0.15, 0.2) is 42.9 Å². The van der Waals surface area contributed by atoms with Crippen molar-refractivity contribution in [3.63, 3.8) is 0 Å². The second-order valence-corrected chi connectivity index (χ2v) is 3.56. The third kappa shape index (κ3) is 2.23. The fourth-order valence-electron chi connectivity index (χ4n) is 1.60. The maximum Gasteiger partial charge on any atom is 0.136 e. The van der Waals surface area contributed by atoms with Gasteiger partial charge in [-0.25, -0.2) is 9.97 Å². The van der Waals surface area contributed by atoms with Gasteiger partial charge in [-0.3, -0.25) is 5.41 Å². The van der Waals surface area contributed by atoms with Crippen LogP contribution in [-0.2, 0) is 0 Å². The Morgan fingerprint density at radius 3 is 2.71 bits per heavy atom. The van der Waals surface area contributed by atoms with Crippen molar-refractivity contribution < 1.29 is 0 Å². The first-order valence-electron chi connectivity index (χ1n) is 5.13. The van der Waals surface area contributed by atoms with Crippen molar-refractivity contribution in [1.82, 2.24) is 9.97 Å². The fourth-order valence-corrected chi connectivity index (χ4v) is 1.60. The van der Waals surface area contributed by atoms with Crippen LogP contribution in [0.3, 0.4) is 0 Å². The van der Waals surface area contributed by atoms with Gasteiger partial charge in [-0.2, -0.15) is 0 Å². The molecule has 0 unspecified atom stereocenters. The normalized spacial score (nSPS) is 9.94. The Hall–Kier alpha value is -2.43. The fraction of sp³-hybridized carbons (Fsp3) is 0.0833. The highest BCUT2D eigenvalue weighted by atomic mass is 15.2. The minimum absolute atomic E-state index is 0.0431. The van der Waals surface area contributed by atoms with Gasteiger partial charge in [-0.15, -0.1) is 0 Å². The molecular weight excluding hydrogens is 214 g/mol. The molecule has 0 spiro atoms. The van der Waals surface area contributed by atoms with Gasteiger partial charge in [0.2, 0.25) is 0 Å². The molecule has 3 N–H and O–H groups in total. The highest BCUT2D eigenvalue weighted by molar-refractivity contribution is 6.01. The number of nitrogens with zero attached hydrogens (tertiary/aromatic N) is 3. The molecule has 2 aromatic rings. The van der Waals surface area contributed by atoms with Gasteiger partial charge in [0.25, 0.3) is 0 Å². The summed E-state index contributed by atoms with van der Waals surface area (Å²) in [5.41, 5.74) is 7.09. The van der Waals surface area contributed by atoms with Crippen molar-refractivity contribution in [2.24, 2.45) is 5.73 Å². The van der Waals surface area contributed by atoms with Gasteiger partial charge in [0, 0.05) is 18.8 Å². The molecule has 0 saturated carbocycles. The first-order valence-corrected chi connectivity index (χ1v) is 5.13. The summed E-state index contributed by atoms with van der Waals surface area (Å²) >= 11 is 0. The molecular formula is C12H13N5. The van der Waals surface area contributed by atoms with Crippen LogP contribution in [0, 0.1) is 5.41 Å². The van der Waals surface area contributed by atoms with Crippen LogP contribution in [-0.4, -0.2) is 22.9 Å². The molecule has 1 heterocycles. The molecule has 86 valence electrons. The van der Waals surface area contributed by atoms with E-state index in [1.807, 2.05) is 36.2 Å². The number of nitrogens with two attached hydrogens (primary N) is 1. The minimum Gasteiger partial charge on any atom is -0.384 e. The van der Waals surface area contributed by atoms with Gasteiger partial charge >= 0.3 is 0 Å². The lowest BCUT2D eigenvalue weighted by Crippen LogP contribution is -2.19. The van der Waals surface area contributed by atoms with Gasteiger partial charge in [-0.1, -0.05) is 12.1 Å². The summed E-state index contributed by atoms with van der Waals surface area (Å²) < 4.78 is 0. The number of hydrogen-bond acceptors (Lipinski definition) is 4. The third-order valence-corrected chi connectivity index (χ3v) is 2.47. The van der Waals surface area contributed by atoms with Crippen LogP contribution in [0.25, 0.3) is 0 Å². The van der Waals surface area contributed by atoms with E-state index in [9.17, 15) is 0 Å². The molecule has 0 atom stereocenters. The average molecular weight is 227 g/mol. The molecule has 5 nitrogen and oxygen atoms in total. The standard InChI is InChI=1S/C12H13N5/c1-17(11-6-7-15-8-16-11)10-5-3-2-4-9(10)12(13)14/h2-8H,1H3,(H3,13,14). The smallest absolute Gasteiger partial charge is 0.136 e. The molecule has 1 aromatic heterocycles. The number of amidine groups is 1. The second kappa shape index (κ2) is 4.61. The quantitative estimate of drug-likeness (QED) is 0.615. The second-order valence-electron chi connectivity index (χ2n) is 3.56. The highest BCUT2D eigenvalue weighted by Crippen LogP contribution is 2.24. The highest BCUT2D eigenvalue weighted by Gasteiger charge is 2.10. The number of rotatable bonds is 3. The molecule has 0 bridgehead atoms. The van der Waals surface area contributed by atoms with E-state index in [-0.39, 0.29) is 5.84 Å². The van der Waals surface area contributed by atoms with Crippen LogP contribution >= 0.6 is 0 Å². The van der Waals surface area contributed by atoms with Gasteiger partial charge in [0.05, 0.1) is 5.69 Å². The van der Waals surface area contributed by atoms with Crippen molar-refractivity contribution in [3.8, 4) is 0 Å². The molecule has 0 radical (unpaired) electrons. The van der Waals surface area contributed by atoms with Gasteiger partial charge < -0.3 is 10.6 Å². The number of benzene rings is 1. The van der Waals surface area contributed by atoms with E-state index < -0.39 is 0 Å². The lowest BCUT2D eigenvalue weighted by atomic mass is 10.1. The monoisotopic (exact) mass is 227 g/mol. The number of para-hydroxylation sites is 1. The van der Waals surface area contributed by atoms with E-state index >= 15 is 0 Å². The SMILES string of the molecule is CN(c1ccncn1)c1ccccc1C(=N)N. The summed E-state index contributed by atoms with van der Waals surface area (Å²) in [5, 5.41) is 7.55. The molecule has 0 aliphatic carbocycles. The Morgan fingerprint density at radius 2 is 2.06 bits per heavy atom. The largest absolute Gasteiger partial charge is 0.384 e. The summed E-state index contributed by atoms with van der Waals surface area (Å²) in [6.07, 6.45) is 3.16. The Bertz CT molecular complexity index is 523. The van der Waals surface area contributed by atoms with E-state index in [0.717, 1.165) is 11.5 Å². The number of nitrogen functional groups attached to an aromatic ring is 1. The number of anilines is 2. The molecule has 17 heavy (non-hydrogen) atoms. The first-order chi connectivity index (χ1) is 8.20. The summed E-state index contributed by atoms with van der Waals surface area (Å²) in [6, 6.07) is 9.28.